The largest absolute Gasteiger partial charge is 0.485 e. The molecule has 2 aromatic rings. The van der Waals surface area contributed by atoms with Crippen molar-refractivity contribution in [2.24, 2.45) is 5.73 Å². The number of ether oxygens (including phenoxy) is 1. The smallest absolute Gasteiger partial charge is 0.128 e. The Labute approximate surface area is 126 Å². The monoisotopic (exact) mass is 311 g/mol. The molecule has 2 unspecified atom stereocenters. The van der Waals surface area contributed by atoms with Crippen molar-refractivity contribution in [3.05, 3.63) is 63.4 Å². The summed E-state index contributed by atoms with van der Waals surface area (Å²) in [5.41, 5.74) is 7.50. The molecule has 104 valence electrons. The van der Waals surface area contributed by atoms with Crippen LogP contribution in [0.25, 0.3) is 0 Å². The lowest BCUT2D eigenvalue weighted by molar-refractivity contribution is 0.161. The number of hydrogen-bond donors (Lipinski definition) is 1. The van der Waals surface area contributed by atoms with Crippen LogP contribution >= 0.6 is 23.2 Å². The van der Waals surface area contributed by atoms with E-state index in [0.717, 1.165) is 5.56 Å². The fraction of sp³-hybridized carbons (Fsp3) is 0.200. The van der Waals surface area contributed by atoms with Crippen LogP contribution < -0.4 is 10.5 Å². The molecule has 5 heteroatoms. The Morgan fingerprint density at radius 1 is 1.15 bits per heavy atom. The second-order valence-electron chi connectivity index (χ2n) is 4.77. The Morgan fingerprint density at radius 3 is 2.55 bits per heavy atom. The first-order chi connectivity index (χ1) is 9.56. The van der Waals surface area contributed by atoms with Crippen LogP contribution in [-0.2, 0) is 0 Å². The van der Waals surface area contributed by atoms with Crippen LogP contribution in [0.3, 0.4) is 0 Å². The molecule has 20 heavy (non-hydrogen) atoms. The van der Waals surface area contributed by atoms with Crippen LogP contribution in [0.2, 0.25) is 10.0 Å². The van der Waals surface area contributed by atoms with Crippen LogP contribution in [0.1, 0.15) is 29.7 Å². The summed E-state index contributed by atoms with van der Waals surface area (Å²) in [4.78, 5) is 0. The number of nitrogens with two attached hydrogens (primary N) is 1. The standard InChI is InChI=1S/C15H12Cl2FNO/c16-10-2-1-3-11(17)15(10)14-7-12(19)9-6-8(18)4-5-13(9)20-14/h1-6,12,14H,7,19H2. The number of fused-ring (bicyclic) bond motifs is 1. The minimum Gasteiger partial charge on any atom is -0.485 e. The van der Waals surface area contributed by atoms with Crippen molar-refractivity contribution in [2.45, 2.75) is 18.6 Å². The Morgan fingerprint density at radius 2 is 1.85 bits per heavy atom. The lowest BCUT2D eigenvalue weighted by Crippen LogP contribution is -2.24. The number of halogens is 3. The zero-order valence-corrected chi connectivity index (χ0v) is 12.0. The van der Waals surface area contributed by atoms with Crippen molar-refractivity contribution < 1.29 is 9.13 Å². The fourth-order valence-electron chi connectivity index (χ4n) is 2.47. The molecule has 1 aliphatic heterocycles. The zero-order valence-electron chi connectivity index (χ0n) is 10.4. The molecule has 0 bridgehead atoms. The van der Waals surface area contributed by atoms with Crippen LogP contribution in [0.15, 0.2) is 36.4 Å². The van der Waals surface area contributed by atoms with E-state index < -0.39 is 0 Å². The molecule has 0 saturated carbocycles. The van der Waals surface area contributed by atoms with E-state index in [-0.39, 0.29) is 18.0 Å². The molecule has 2 aromatic carbocycles. The van der Waals surface area contributed by atoms with Crippen LogP contribution in [0.5, 0.6) is 5.75 Å². The van der Waals surface area contributed by atoms with Gasteiger partial charge in [-0.15, -0.1) is 0 Å². The summed E-state index contributed by atoms with van der Waals surface area (Å²) in [6.45, 7) is 0. The Hall–Kier alpha value is -1.29. The molecule has 2 atom stereocenters. The van der Waals surface area contributed by atoms with E-state index in [2.05, 4.69) is 0 Å². The van der Waals surface area contributed by atoms with Crippen molar-refractivity contribution in [1.29, 1.82) is 0 Å². The molecule has 0 radical (unpaired) electrons. The third-order valence-electron chi connectivity index (χ3n) is 3.43. The van der Waals surface area contributed by atoms with E-state index >= 15 is 0 Å². The maximum absolute atomic E-state index is 13.3. The predicted molar refractivity (Wildman–Crippen MR) is 77.8 cm³/mol. The second kappa shape index (κ2) is 5.24. The maximum atomic E-state index is 13.3. The molecule has 2 nitrogen and oxygen atoms in total. The Balaban J connectivity index is 2.01. The highest BCUT2D eigenvalue weighted by molar-refractivity contribution is 6.36. The number of rotatable bonds is 1. The van der Waals surface area contributed by atoms with E-state index in [1.54, 1.807) is 24.3 Å². The van der Waals surface area contributed by atoms with Gasteiger partial charge in [-0.2, -0.15) is 0 Å². The summed E-state index contributed by atoms with van der Waals surface area (Å²) < 4.78 is 19.2. The van der Waals surface area contributed by atoms with Gasteiger partial charge in [-0.05, 0) is 30.3 Å². The predicted octanol–water partition coefficient (Wildman–Crippen LogP) is 4.66. The molecule has 3 rings (SSSR count). The van der Waals surface area contributed by atoms with E-state index in [1.807, 2.05) is 0 Å². The summed E-state index contributed by atoms with van der Waals surface area (Å²) in [6.07, 6.45) is 0.170. The maximum Gasteiger partial charge on any atom is 0.128 e. The van der Waals surface area contributed by atoms with E-state index in [9.17, 15) is 4.39 Å². The van der Waals surface area contributed by atoms with Gasteiger partial charge in [0.05, 0.1) is 0 Å². The van der Waals surface area contributed by atoms with Crippen molar-refractivity contribution in [3.8, 4) is 5.75 Å². The third kappa shape index (κ3) is 2.37. The molecule has 2 N–H and O–H groups in total. The van der Waals surface area contributed by atoms with Gasteiger partial charge in [0.15, 0.2) is 0 Å². The van der Waals surface area contributed by atoms with Crippen LogP contribution in [0, 0.1) is 5.82 Å². The molecule has 1 aliphatic rings. The first kappa shape index (κ1) is 13.7. The highest BCUT2D eigenvalue weighted by Crippen LogP contribution is 2.43. The molecule has 0 amide bonds. The fourth-order valence-corrected chi connectivity index (χ4v) is 3.11. The number of hydrogen-bond acceptors (Lipinski definition) is 2. The SMILES string of the molecule is NC1CC(c2c(Cl)cccc2Cl)Oc2ccc(F)cc21. The average Bonchev–Trinajstić information content (AvgIpc) is 2.39. The van der Waals surface area contributed by atoms with E-state index in [4.69, 9.17) is 33.7 Å². The van der Waals surface area contributed by atoms with Gasteiger partial charge in [0.2, 0.25) is 0 Å². The van der Waals surface area contributed by atoms with E-state index in [0.29, 0.717) is 27.8 Å². The van der Waals surface area contributed by atoms with Gasteiger partial charge in [-0.3, -0.25) is 0 Å². The summed E-state index contributed by atoms with van der Waals surface area (Å²) in [5, 5.41) is 1.08. The van der Waals surface area contributed by atoms with Gasteiger partial charge in [0, 0.05) is 33.6 Å². The molecule has 1 heterocycles. The third-order valence-corrected chi connectivity index (χ3v) is 4.09. The van der Waals surface area contributed by atoms with E-state index in [1.165, 1.54) is 12.1 Å². The summed E-state index contributed by atoms with van der Waals surface area (Å²) in [7, 11) is 0. The van der Waals surface area contributed by atoms with Gasteiger partial charge in [0.25, 0.3) is 0 Å². The van der Waals surface area contributed by atoms with Crippen LogP contribution in [0.4, 0.5) is 4.39 Å². The first-order valence-corrected chi connectivity index (χ1v) is 6.97. The van der Waals surface area contributed by atoms with Gasteiger partial charge < -0.3 is 10.5 Å². The van der Waals surface area contributed by atoms with Crippen molar-refractivity contribution in [3.63, 3.8) is 0 Å². The quantitative estimate of drug-likeness (QED) is 0.831. The molecule has 0 aromatic heterocycles. The zero-order chi connectivity index (χ0) is 14.3. The number of benzene rings is 2. The minimum atomic E-state index is -0.329. The molecular formula is C15H12Cl2FNO. The Bertz CT molecular complexity index is 642. The lowest BCUT2D eigenvalue weighted by atomic mass is 9.93. The van der Waals surface area contributed by atoms with Crippen LogP contribution in [-0.4, -0.2) is 0 Å². The Kier molecular flexibility index (Phi) is 3.59. The van der Waals surface area contributed by atoms with Crippen molar-refractivity contribution in [1.82, 2.24) is 0 Å². The second-order valence-corrected chi connectivity index (χ2v) is 5.58. The molecular weight excluding hydrogens is 300 g/mol. The summed E-state index contributed by atoms with van der Waals surface area (Å²) in [5.74, 6) is 0.253. The highest BCUT2D eigenvalue weighted by Gasteiger charge is 2.30. The van der Waals surface area contributed by atoms with Gasteiger partial charge >= 0.3 is 0 Å². The molecule has 0 saturated heterocycles. The normalized spacial score (nSPS) is 21.2. The average molecular weight is 312 g/mol. The summed E-state index contributed by atoms with van der Waals surface area (Å²) in [6, 6.07) is 9.33. The van der Waals surface area contributed by atoms with Gasteiger partial charge in [-0.25, -0.2) is 4.39 Å². The molecule has 0 fully saturated rings. The highest BCUT2D eigenvalue weighted by atomic mass is 35.5. The molecule has 0 aliphatic carbocycles. The van der Waals surface area contributed by atoms with Gasteiger partial charge in [-0.1, -0.05) is 29.3 Å². The molecule has 0 spiro atoms. The first-order valence-electron chi connectivity index (χ1n) is 6.22. The van der Waals surface area contributed by atoms with Crippen molar-refractivity contribution >= 4 is 23.2 Å². The van der Waals surface area contributed by atoms with Gasteiger partial charge in [0.1, 0.15) is 17.7 Å². The van der Waals surface area contributed by atoms with Crippen molar-refractivity contribution in [2.75, 3.05) is 0 Å². The topological polar surface area (TPSA) is 35.2 Å². The minimum absolute atomic E-state index is 0.313. The summed E-state index contributed by atoms with van der Waals surface area (Å²) >= 11 is 12.4. The lowest BCUT2D eigenvalue weighted by Gasteiger charge is -2.31.